The van der Waals surface area contributed by atoms with Crippen molar-refractivity contribution in [2.75, 3.05) is 0 Å². The molecule has 0 aliphatic heterocycles. The van der Waals surface area contributed by atoms with E-state index in [9.17, 15) is 0 Å². The molecule has 0 aliphatic carbocycles. The number of hydrazine groups is 1. The fraction of sp³-hybridized carbons (Fsp3) is 0.600. The normalized spacial score (nSPS) is 12.7. The Hall–Kier alpha value is -0.570. The molecule has 0 aliphatic rings. The smallest absolute Gasteiger partial charge is 0.0441 e. The molecule has 0 bridgehead atoms. The Morgan fingerprint density at radius 2 is 2.06 bits per heavy atom. The van der Waals surface area contributed by atoms with Crippen LogP contribution in [0.15, 0.2) is 18.2 Å². The van der Waals surface area contributed by atoms with Crippen molar-refractivity contribution < 1.29 is 0 Å². The number of halogens is 1. The average Bonchev–Trinajstić information content (AvgIpc) is 2.35. The molecule has 0 saturated heterocycles. The maximum atomic E-state index is 6.25. The van der Waals surface area contributed by atoms with Gasteiger partial charge in [0.05, 0.1) is 0 Å². The minimum Gasteiger partial charge on any atom is -0.271 e. The lowest BCUT2D eigenvalue weighted by molar-refractivity contribution is 0.463. The van der Waals surface area contributed by atoms with Crippen LogP contribution in [0.5, 0.6) is 0 Å². The standard InChI is InChI=1S/C15H25ClN2/c1-3-4-5-6-7-14(18-17)11-13-9-8-12(2)10-15(13)16/h8-10,14,18H,3-7,11,17H2,1-2H3. The summed E-state index contributed by atoms with van der Waals surface area (Å²) in [6.07, 6.45) is 7.11. The van der Waals surface area contributed by atoms with Crippen LogP contribution in [-0.4, -0.2) is 6.04 Å². The van der Waals surface area contributed by atoms with Crippen molar-refractivity contribution in [1.82, 2.24) is 5.43 Å². The molecule has 0 radical (unpaired) electrons. The van der Waals surface area contributed by atoms with E-state index < -0.39 is 0 Å². The molecule has 3 heteroatoms. The van der Waals surface area contributed by atoms with Crippen molar-refractivity contribution in [2.24, 2.45) is 5.84 Å². The SMILES string of the molecule is CCCCCCC(Cc1ccc(C)cc1Cl)NN. The summed E-state index contributed by atoms with van der Waals surface area (Å²) in [4.78, 5) is 0. The van der Waals surface area contributed by atoms with E-state index in [1.165, 1.54) is 36.8 Å². The van der Waals surface area contributed by atoms with E-state index in [0.29, 0.717) is 6.04 Å². The highest BCUT2D eigenvalue weighted by molar-refractivity contribution is 6.31. The molecule has 18 heavy (non-hydrogen) atoms. The molecule has 0 amide bonds. The number of hydrogen-bond acceptors (Lipinski definition) is 2. The van der Waals surface area contributed by atoms with Gasteiger partial charge in [-0.2, -0.15) is 0 Å². The van der Waals surface area contributed by atoms with Crippen molar-refractivity contribution in [3.8, 4) is 0 Å². The minimum atomic E-state index is 0.321. The summed E-state index contributed by atoms with van der Waals surface area (Å²) in [5.41, 5.74) is 5.29. The van der Waals surface area contributed by atoms with Crippen molar-refractivity contribution in [1.29, 1.82) is 0 Å². The molecule has 1 aromatic carbocycles. The van der Waals surface area contributed by atoms with E-state index >= 15 is 0 Å². The maximum absolute atomic E-state index is 6.25. The highest BCUT2D eigenvalue weighted by atomic mass is 35.5. The van der Waals surface area contributed by atoms with Crippen LogP contribution in [0.4, 0.5) is 0 Å². The summed E-state index contributed by atoms with van der Waals surface area (Å²) in [6.45, 7) is 4.28. The summed E-state index contributed by atoms with van der Waals surface area (Å²) in [5, 5.41) is 0.851. The molecule has 0 fully saturated rings. The van der Waals surface area contributed by atoms with Crippen LogP contribution in [0.2, 0.25) is 5.02 Å². The second-order valence-electron chi connectivity index (χ2n) is 5.01. The van der Waals surface area contributed by atoms with Gasteiger partial charge in [-0.25, -0.2) is 0 Å². The highest BCUT2D eigenvalue weighted by Gasteiger charge is 2.10. The summed E-state index contributed by atoms with van der Waals surface area (Å²) >= 11 is 6.25. The molecule has 1 atom stereocenters. The van der Waals surface area contributed by atoms with Gasteiger partial charge in [-0.15, -0.1) is 0 Å². The Bertz CT molecular complexity index is 352. The van der Waals surface area contributed by atoms with Gasteiger partial charge in [0.25, 0.3) is 0 Å². The molecule has 2 nitrogen and oxygen atoms in total. The van der Waals surface area contributed by atoms with E-state index in [2.05, 4.69) is 31.4 Å². The first-order chi connectivity index (χ1) is 8.67. The Kier molecular flexibility index (Phi) is 7.33. The van der Waals surface area contributed by atoms with Gasteiger partial charge in [0, 0.05) is 11.1 Å². The van der Waals surface area contributed by atoms with E-state index in [0.717, 1.165) is 17.9 Å². The van der Waals surface area contributed by atoms with E-state index in [1.54, 1.807) is 0 Å². The van der Waals surface area contributed by atoms with Crippen molar-refractivity contribution in [2.45, 2.75) is 58.4 Å². The fourth-order valence-corrected chi connectivity index (χ4v) is 2.46. The van der Waals surface area contributed by atoms with E-state index in [4.69, 9.17) is 17.4 Å². The number of aryl methyl sites for hydroxylation is 1. The quantitative estimate of drug-likeness (QED) is 0.425. The number of rotatable bonds is 8. The van der Waals surface area contributed by atoms with Gasteiger partial charge in [0.1, 0.15) is 0 Å². The third kappa shape index (κ3) is 5.38. The second kappa shape index (κ2) is 8.52. The molecule has 0 saturated carbocycles. The molecular formula is C15H25ClN2. The zero-order chi connectivity index (χ0) is 13.4. The Balaban J connectivity index is 2.46. The van der Waals surface area contributed by atoms with E-state index in [1.807, 2.05) is 6.07 Å². The summed E-state index contributed by atoms with van der Waals surface area (Å²) in [7, 11) is 0. The molecule has 0 aromatic heterocycles. The Labute approximate surface area is 116 Å². The van der Waals surface area contributed by atoms with Crippen LogP contribution in [-0.2, 0) is 6.42 Å². The predicted octanol–water partition coefficient (Wildman–Crippen LogP) is 3.99. The van der Waals surface area contributed by atoms with Crippen LogP contribution in [0, 0.1) is 6.92 Å². The topological polar surface area (TPSA) is 38.0 Å². The summed E-state index contributed by atoms with van der Waals surface area (Å²) in [6, 6.07) is 6.55. The van der Waals surface area contributed by atoms with Gasteiger partial charge in [-0.1, -0.05) is 56.3 Å². The van der Waals surface area contributed by atoms with Gasteiger partial charge >= 0.3 is 0 Å². The third-order valence-electron chi connectivity index (χ3n) is 3.32. The van der Waals surface area contributed by atoms with Crippen LogP contribution >= 0.6 is 11.6 Å². The lowest BCUT2D eigenvalue weighted by Crippen LogP contribution is -2.36. The molecule has 102 valence electrons. The lowest BCUT2D eigenvalue weighted by Gasteiger charge is -2.16. The monoisotopic (exact) mass is 268 g/mol. The van der Waals surface area contributed by atoms with Crippen molar-refractivity contribution in [3.63, 3.8) is 0 Å². The average molecular weight is 269 g/mol. The molecule has 1 unspecified atom stereocenters. The number of nitrogens with two attached hydrogens (primary N) is 1. The molecular weight excluding hydrogens is 244 g/mol. The number of hydrogen-bond donors (Lipinski definition) is 2. The van der Waals surface area contributed by atoms with Gasteiger partial charge in [-0.3, -0.25) is 11.3 Å². The Morgan fingerprint density at radius 1 is 1.28 bits per heavy atom. The number of unbranched alkanes of at least 4 members (excludes halogenated alkanes) is 3. The summed E-state index contributed by atoms with van der Waals surface area (Å²) in [5.74, 6) is 5.62. The van der Waals surface area contributed by atoms with Gasteiger partial charge in [0.15, 0.2) is 0 Å². The van der Waals surface area contributed by atoms with Gasteiger partial charge in [0.2, 0.25) is 0 Å². The zero-order valence-electron chi connectivity index (χ0n) is 11.5. The maximum Gasteiger partial charge on any atom is 0.0441 e. The van der Waals surface area contributed by atoms with Crippen LogP contribution in [0.3, 0.4) is 0 Å². The van der Waals surface area contributed by atoms with Crippen LogP contribution < -0.4 is 11.3 Å². The number of benzene rings is 1. The fourth-order valence-electron chi connectivity index (χ4n) is 2.15. The largest absolute Gasteiger partial charge is 0.271 e. The third-order valence-corrected chi connectivity index (χ3v) is 3.67. The van der Waals surface area contributed by atoms with E-state index in [-0.39, 0.29) is 0 Å². The van der Waals surface area contributed by atoms with Gasteiger partial charge < -0.3 is 0 Å². The first kappa shape index (κ1) is 15.5. The Morgan fingerprint density at radius 3 is 2.67 bits per heavy atom. The second-order valence-corrected chi connectivity index (χ2v) is 5.42. The van der Waals surface area contributed by atoms with Crippen molar-refractivity contribution in [3.05, 3.63) is 34.3 Å². The highest BCUT2D eigenvalue weighted by Crippen LogP contribution is 2.20. The molecule has 0 spiro atoms. The molecule has 3 N–H and O–H groups in total. The minimum absolute atomic E-state index is 0.321. The first-order valence-corrected chi connectivity index (χ1v) is 7.26. The van der Waals surface area contributed by atoms with Crippen LogP contribution in [0.1, 0.15) is 50.2 Å². The zero-order valence-corrected chi connectivity index (χ0v) is 12.3. The summed E-state index contributed by atoms with van der Waals surface area (Å²) < 4.78 is 0. The lowest BCUT2D eigenvalue weighted by atomic mass is 10.00. The predicted molar refractivity (Wildman–Crippen MR) is 79.8 cm³/mol. The first-order valence-electron chi connectivity index (χ1n) is 6.88. The molecule has 1 aromatic rings. The molecule has 1 rings (SSSR count). The van der Waals surface area contributed by atoms with Gasteiger partial charge in [-0.05, 0) is 37.0 Å². The number of nitrogens with one attached hydrogen (secondary N) is 1. The van der Waals surface area contributed by atoms with Crippen molar-refractivity contribution >= 4 is 11.6 Å². The molecule has 0 heterocycles. The van der Waals surface area contributed by atoms with Crippen LogP contribution in [0.25, 0.3) is 0 Å².